The van der Waals surface area contributed by atoms with Crippen molar-refractivity contribution in [3.8, 4) is 0 Å². The highest BCUT2D eigenvalue weighted by atomic mass is 16.4. The number of hydrogen-bond donors (Lipinski definition) is 3. The van der Waals surface area contributed by atoms with Crippen LogP contribution in [0.2, 0.25) is 0 Å². The Labute approximate surface area is 110 Å². The second kappa shape index (κ2) is 6.19. The molecule has 0 aliphatic rings. The Bertz CT molecular complexity index is 615. The summed E-state index contributed by atoms with van der Waals surface area (Å²) in [6.45, 7) is 1.27. The maximum absolute atomic E-state index is 11.5. The Morgan fingerprint density at radius 1 is 1.42 bits per heavy atom. The van der Waals surface area contributed by atoms with Gasteiger partial charge in [0.25, 0.3) is 0 Å². The van der Waals surface area contributed by atoms with Gasteiger partial charge in [-0.2, -0.15) is 0 Å². The molecule has 1 aromatic heterocycles. The molecule has 0 spiro atoms. The molecule has 1 amide bonds. The highest BCUT2D eigenvalue weighted by Crippen LogP contribution is 2.11. The molecule has 1 heterocycles. The molecule has 6 heteroatoms. The largest absolute Gasteiger partial charge is 0.417 e. The Balaban J connectivity index is 1.90. The van der Waals surface area contributed by atoms with Crippen molar-refractivity contribution in [1.82, 2.24) is 15.6 Å². The van der Waals surface area contributed by atoms with Gasteiger partial charge >= 0.3 is 5.76 Å². The SMILES string of the molecule is CNCCCC(=O)NCc1ccc2oc(=O)[nH]c2c1. The number of aromatic amines is 1. The van der Waals surface area contributed by atoms with E-state index in [2.05, 4.69) is 15.6 Å². The van der Waals surface area contributed by atoms with Gasteiger partial charge in [-0.15, -0.1) is 0 Å². The molecule has 2 aromatic rings. The fourth-order valence-electron chi connectivity index (χ4n) is 1.82. The zero-order chi connectivity index (χ0) is 13.7. The van der Waals surface area contributed by atoms with Gasteiger partial charge in [0.1, 0.15) is 0 Å². The van der Waals surface area contributed by atoms with Gasteiger partial charge in [0.15, 0.2) is 5.58 Å². The lowest BCUT2D eigenvalue weighted by Crippen LogP contribution is -2.23. The Morgan fingerprint density at radius 2 is 2.26 bits per heavy atom. The average Bonchev–Trinajstić information content (AvgIpc) is 2.76. The molecule has 0 aliphatic carbocycles. The van der Waals surface area contributed by atoms with Crippen molar-refractivity contribution in [1.29, 1.82) is 0 Å². The second-order valence-electron chi connectivity index (χ2n) is 4.33. The maximum atomic E-state index is 11.5. The molecular formula is C13H17N3O3. The van der Waals surface area contributed by atoms with Crippen LogP contribution in [-0.4, -0.2) is 24.5 Å². The van der Waals surface area contributed by atoms with Gasteiger partial charge in [-0.1, -0.05) is 6.07 Å². The van der Waals surface area contributed by atoms with Crippen molar-refractivity contribution in [3.05, 3.63) is 34.3 Å². The van der Waals surface area contributed by atoms with Crippen molar-refractivity contribution in [2.75, 3.05) is 13.6 Å². The number of fused-ring (bicyclic) bond motifs is 1. The van der Waals surface area contributed by atoms with Crippen LogP contribution in [0.25, 0.3) is 11.1 Å². The lowest BCUT2D eigenvalue weighted by atomic mass is 10.2. The topological polar surface area (TPSA) is 87.1 Å². The van der Waals surface area contributed by atoms with Crippen molar-refractivity contribution in [2.24, 2.45) is 0 Å². The van der Waals surface area contributed by atoms with E-state index in [1.165, 1.54) is 0 Å². The van der Waals surface area contributed by atoms with E-state index in [1.54, 1.807) is 12.1 Å². The monoisotopic (exact) mass is 263 g/mol. The Hall–Kier alpha value is -2.08. The van der Waals surface area contributed by atoms with Crippen LogP contribution in [-0.2, 0) is 11.3 Å². The molecule has 0 unspecified atom stereocenters. The van der Waals surface area contributed by atoms with E-state index in [9.17, 15) is 9.59 Å². The van der Waals surface area contributed by atoms with E-state index in [-0.39, 0.29) is 5.91 Å². The molecule has 0 radical (unpaired) electrons. The molecule has 0 aliphatic heterocycles. The molecule has 0 atom stereocenters. The normalized spacial score (nSPS) is 10.8. The lowest BCUT2D eigenvalue weighted by molar-refractivity contribution is -0.121. The minimum Gasteiger partial charge on any atom is -0.408 e. The van der Waals surface area contributed by atoms with Gasteiger partial charge < -0.3 is 15.1 Å². The maximum Gasteiger partial charge on any atom is 0.417 e. The number of H-pyrrole nitrogens is 1. The minimum absolute atomic E-state index is 0.0241. The third-order valence-corrected chi connectivity index (χ3v) is 2.80. The number of nitrogens with one attached hydrogen (secondary N) is 3. The predicted molar refractivity (Wildman–Crippen MR) is 71.8 cm³/mol. The van der Waals surface area contributed by atoms with E-state index in [0.29, 0.717) is 24.1 Å². The summed E-state index contributed by atoms with van der Waals surface area (Å²) in [6, 6.07) is 5.34. The van der Waals surface area contributed by atoms with Crippen molar-refractivity contribution >= 4 is 17.0 Å². The summed E-state index contributed by atoms with van der Waals surface area (Å²) in [5, 5.41) is 5.84. The number of amides is 1. The van der Waals surface area contributed by atoms with Gasteiger partial charge in [0.2, 0.25) is 5.91 Å². The van der Waals surface area contributed by atoms with Gasteiger partial charge in [0, 0.05) is 13.0 Å². The molecule has 0 bridgehead atoms. The van der Waals surface area contributed by atoms with Gasteiger partial charge in [-0.25, -0.2) is 4.79 Å². The smallest absolute Gasteiger partial charge is 0.408 e. The van der Waals surface area contributed by atoms with Crippen LogP contribution in [0, 0.1) is 0 Å². The van der Waals surface area contributed by atoms with Gasteiger partial charge in [-0.3, -0.25) is 9.78 Å². The van der Waals surface area contributed by atoms with Crippen LogP contribution < -0.4 is 16.4 Å². The Kier molecular flexibility index (Phi) is 4.35. The third-order valence-electron chi connectivity index (χ3n) is 2.80. The first-order valence-corrected chi connectivity index (χ1v) is 6.22. The van der Waals surface area contributed by atoms with Crippen molar-refractivity contribution in [3.63, 3.8) is 0 Å². The quantitative estimate of drug-likeness (QED) is 0.671. The summed E-state index contributed by atoms with van der Waals surface area (Å²) in [4.78, 5) is 25.1. The highest BCUT2D eigenvalue weighted by molar-refractivity contribution is 5.76. The summed E-state index contributed by atoms with van der Waals surface area (Å²) in [7, 11) is 1.86. The number of aromatic nitrogens is 1. The summed E-state index contributed by atoms with van der Waals surface area (Å²) >= 11 is 0. The molecule has 102 valence electrons. The molecule has 0 fully saturated rings. The predicted octanol–water partition coefficient (Wildman–Crippen LogP) is 0.737. The molecular weight excluding hydrogens is 246 g/mol. The van der Waals surface area contributed by atoms with E-state index in [0.717, 1.165) is 18.5 Å². The van der Waals surface area contributed by atoms with E-state index in [1.807, 2.05) is 13.1 Å². The summed E-state index contributed by atoms with van der Waals surface area (Å²) < 4.78 is 4.91. The van der Waals surface area contributed by atoms with E-state index in [4.69, 9.17) is 4.42 Å². The minimum atomic E-state index is -0.469. The second-order valence-corrected chi connectivity index (χ2v) is 4.33. The first kappa shape index (κ1) is 13.4. The van der Waals surface area contributed by atoms with E-state index >= 15 is 0 Å². The zero-order valence-electron chi connectivity index (χ0n) is 10.8. The number of rotatable bonds is 6. The molecule has 19 heavy (non-hydrogen) atoms. The number of carbonyl (C=O) groups is 1. The van der Waals surface area contributed by atoms with Crippen LogP contribution in [0.4, 0.5) is 0 Å². The van der Waals surface area contributed by atoms with E-state index < -0.39 is 5.76 Å². The van der Waals surface area contributed by atoms with Crippen LogP contribution >= 0.6 is 0 Å². The zero-order valence-corrected chi connectivity index (χ0v) is 10.8. The Morgan fingerprint density at radius 3 is 3.05 bits per heavy atom. The molecule has 3 N–H and O–H groups in total. The average molecular weight is 263 g/mol. The van der Waals surface area contributed by atoms with Gasteiger partial charge in [0.05, 0.1) is 5.52 Å². The number of oxazole rings is 1. The molecule has 2 rings (SSSR count). The molecule has 0 saturated carbocycles. The number of carbonyl (C=O) groups excluding carboxylic acids is 1. The lowest BCUT2D eigenvalue weighted by Gasteiger charge is -2.05. The molecule has 6 nitrogen and oxygen atoms in total. The fourth-order valence-corrected chi connectivity index (χ4v) is 1.82. The summed E-state index contributed by atoms with van der Waals surface area (Å²) in [5.74, 6) is -0.445. The summed E-state index contributed by atoms with van der Waals surface area (Å²) in [6.07, 6.45) is 1.32. The van der Waals surface area contributed by atoms with Crippen LogP contribution in [0.1, 0.15) is 18.4 Å². The van der Waals surface area contributed by atoms with Gasteiger partial charge in [-0.05, 0) is 37.7 Å². The molecule has 1 aromatic carbocycles. The third kappa shape index (κ3) is 3.69. The van der Waals surface area contributed by atoms with Crippen LogP contribution in [0.5, 0.6) is 0 Å². The number of hydrogen-bond acceptors (Lipinski definition) is 4. The van der Waals surface area contributed by atoms with Crippen molar-refractivity contribution < 1.29 is 9.21 Å². The summed E-state index contributed by atoms with van der Waals surface area (Å²) in [5.41, 5.74) is 2.09. The number of benzene rings is 1. The standard InChI is InChI=1S/C13H17N3O3/c1-14-6-2-3-12(17)15-8-9-4-5-11-10(7-9)16-13(18)19-11/h4-5,7,14H,2-3,6,8H2,1H3,(H,15,17)(H,16,18). The van der Waals surface area contributed by atoms with Crippen LogP contribution in [0.3, 0.4) is 0 Å². The van der Waals surface area contributed by atoms with Crippen molar-refractivity contribution in [2.45, 2.75) is 19.4 Å². The fraction of sp³-hybridized carbons (Fsp3) is 0.385. The highest BCUT2D eigenvalue weighted by Gasteiger charge is 2.04. The first-order valence-electron chi connectivity index (χ1n) is 6.22. The molecule has 0 saturated heterocycles. The van der Waals surface area contributed by atoms with Crippen LogP contribution in [0.15, 0.2) is 27.4 Å². The first-order chi connectivity index (χ1) is 9.19.